The number of hydrogen-bond donors (Lipinski definition) is 2. The van der Waals surface area contributed by atoms with Crippen LogP contribution in [0.4, 0.5) is 5.69 Å². The van der Waals surface area contributed by atoms with Crippen molar-refractivity contribution in [1.29, 1.82) is 0 Å². The molecule has 0 aromatic heterocycles. The van der Waals surface area contributed by atoms with Gasteiger partial charge in [-0.1, -0.05) is 49.4 Å². The number of rotatable bonds is 5. The van der Waals surface area contributed by atoms with Crippen molar-refractivity contribution in [2.45, 2.75) is 38.2 Å². The molecule has 0 heterocycles. The zero-order valence-electron chi connectivity index (χ0n) is 10.0. The van der Waals surface area contributed by atoms with Gasteiger partial charge >= 0.3 is 0 Å². The van der Waals surface area contributed by atoms with Gasteiger partial charge in [-0.25, -0.2) is 0 Å². The van der Waals surface area contributed by atoms with Crippen LogP contribution in [-0.2, 0) is 0 Å². The summed E-state index contributed by atoms with van der Waals surface area (Å²) < 4.78 is 0. The summed E-state index contributed by atoms with van der Waals surface area (Å²) in [5, 5.41) is 13.9. The second kappa shape index (κ2) is 6.27. The molecule has 1 saturated carbocycles. The molecule has 2 nitrogen and oxygen atoms in total. The third-order valence-electron chi connectivity index (χ3n) is 3.48. The van der Waals surface area contributed by atoms with E-state index in [4.69, 9.17) is 11.6 Å². The number of aliphatic hydroxyl groups is 1. The molecule has 94 valence electrons. The number of benzene rings is 1. The second-order valence-corrected chi connectivity index (χ2v) is 5.31. The van der Waals surface area contributed by atoms with Crippen LogP contribution in [0.25, 0.3) is 0 Å². The minimum Gasteiger partial charge on any atom is -0.391 e. The van der Waals surface area contributed by atoms with Gasteiger partial charge in [0.1, 0.15) is 0 Å². The molecule has 1 unspecified atom stereocenters. The van der Waals surface area contributed by atoms with Gasteiger partial charge < -0.3 is 10.4 Å². The molecule has 0 aliphatic heterocycles. The highest BCUT2D eigenvalue weighted by Gasteiger charge is 2.18. The first-order chi connectivity index (χ1) is 8.25. The monoisotopic (exact) mass is 253 g/mol. The molecule has 1 fully saturated rings. The fourth-order valence-electron chi connectivity index (χ4n) is 2.55. The Morgan fingerprint density at radius 3 is 2.71 bits per heavy atom. The average molecular weight is 254 g/mol. The van der Waals surface area contributed by atoms with Crippen LogP contribution in [0.3, 0.4) is 0 Å². The fourth-order valence-corrected chi connectivity index (χ4v) is 2.75. The van der Waals surface area contributed by atoms with Crippen molar-refractivity contribution in [3.63, 3.8) is 0 Å². The molecule has 17 heavy (non-hydrogen) atoms. The van der Waals surface area contributed by atoms with Gasteiger partial charge in [0.25, 0.3) is 0 Å². The van der Waals surface area contributed by atoms with Gasteiger partial charge in [-0.05, 0) is 24.5 Å². The summed E-state index contributed by atoms with van der Waals surface area (Å²) in [6.45, 7) is 0.584. The van der Waals surface area contributed by atoms with E-state index in [0.29, 0.717) is 11.6 Å². The first kappa shape index (κ1) is 12.7. The fraction of sp³-hybridized carbons (Fsp3) is 0.571. The van der Waals surface area contributed by atoms with E-state index in [1.165, 1.54) is 25.7 Å². The van der Waals surface area contributed by atoms with E-state index in [9.17, 15) is 5.11 Å². The third-order valence-corrected chi connectivity index (χ3v) is 3.81. The minimum atomic E-state index is -0.269. The lowest BCUT2D eigenvalue weighted by molar-refractivity contribution is 0.155. The summed E-state index contributed by atoms with van der Waals surface area (Å²) in [4.78, 5) is 0. The molecule has 1 aliphatic carbocycles. The highest BCUT2D eigenvalue weighted by molar-refractivity contribution is 6.33. The zero-order valence-corrected chi connectivity index (χ0v) is 10.8. The predicted molar refractivity (Wildman–Crippen MR) is 72.5 cm³/mol. The van der Waals surface area contributed by atoms with Gasteiger partial charge in [-0.2, -0.15) is 0 Å². The van der Waals surface area contributed by atoms with Crippen LogP contribution < -0.4 is 5.32 Å². The van der Waals surface area contributed by atoms with Crippen LogP contribution in [0, 0.1) is 5.92 Å². The Morgan fingerprint density at radius 2 is 2.00 bits per heavy atom. The molecule has 0 bridgehead atoms. The Kier molecular flexibility index (Phi) is 4.69. The van der Waals surface area contributed by atoms with Crippen molar-refractivity contribution >= 4 is 17.3 Å². The number of para-hydroxylation sites is 1. The lowest BCUT2D eigenvalue weighted by Gasteiger charge is -2.17. The SMILES string of the molecule is OC(CNc1ccccc1Cl)CC1CCCC1. The molecule has 1 aliphatic rings. The Bertz CT molecular complexity index is 350. The van der Waals surface area contributed by atoms with Crippen molar-refractivity contribution in [3.05, 3.63) is 29.3 Å². The van der Waals surface area contributed by atoms with Crippen LogP contribution in [0.5, 0.6) is 0 Å². The Balaban J connectivity index is 1.75. The number of aliphatic hydroxyl groups excluding tert-OH is 1. The lowest BCUT2D eigenvalue weighted by atomic mass is 10.00. The van der Waals surface area contributed by atoms with Crippen LogP contribution >= 0.6 is 11.6 Å². The lowest BCUT2D eigenvalue weighted by Crippen LogP contribution is -2.22. The van der Waals surface area contributed by atoms with Crippen molar-refractivity contribution < 1.29 is 5.11 Å². The molecule has 1 atom stereocenters. The number of halogens is 1. The Morgan fingerprint density at radius 1 is 1.29 bits per heavy atom. The first-order valence-electron chi connectivity index (χ1n) is 6.42. The molecule has 2 N–H and O–H groups in total. The van der Waals surface area contributed by atoms with Crippen LogP contribution in [0.15, 0.2) is 24.3 Å². The molecule has 2 rings (SSSR count). The van der Waals surface area contributed by atoms with Crippen molar-refractivity contribution in [2.75, 3.05) is 11.9 Å². The number of anilines is 1. The predicted octanol–water partition coefficient (Wildman–Crippen LogP) is 3.69. The number of hydrogen-bond acceptors (Lipinski definition) is 2. The highest BCUT2D eigenvalue weighted by atomic mass is 35.5. The maximum atomic E-state index is 9.96. The molecular formula is C14H20ClNO. The van der Waals surface area contributed by atoms with Gasteiger partial charge in [0.05, 0.1) is 16.8 Å². The van der Waals surface area contributed by atoms with Crippen molar-refractivity contribution in [1.82, 2.24) is 0 Å². The van der Waals surface area contributed by atoms with Gasteiger partial charge in [-0.3, -0.25) is 0 Å². The molecule has 0 saturated heterocycles. The molecule has 0 amide bonds. The smallest absolute Gasteiger partial charge is 0.0715 e. The van der Waals surface area contributed by atoms with E-state index >= 15 is 0 Å². The van der Waals surface area contributed by atoms with Crippen molar-refractivity contribution in [2.24, 2.45) is 5.92 Å². The molecule has 1 aromatic carbocycles. The van der Waals surface area contributed by atoms with E-state index in [0.717, 1.165) is 18.0 Å². The van der Waals surface area contributed by atoms with Gasteiger partial charge in [-0.15, -0.1) is 0 Å². The molecule has 1 aromatic rings. The summed E-state index contributed by atoms with van der Waals surface area (Å²) in [5.74, 6) is 0.720. The largest absolute Gasteiger partial charge is 0.391 e. The quantitative estimate of drug-likeness (QED) is 0.839. The summed E-state index contributed by atoms with van der Waals surface area (Å²) >= 11 is 6.03. The first-order valence-corrected chi connectivity index (χ1v) is 6.80. The van der Waals surface area contributed by atoms with Gasteiger partial charge in [0.2, 0.25) is 0 Å². The Hall–Kier alpha value is -0.730. The molecule has 0 radical (unpaired) electrons. The van der Waals surface area contributed by atoms with E-state index in [1.807, 2.05) is 24.3 Å². The Labute approximate surface area is 108 Å². The van der Waals surface area contributed by atoms with E-state index < -0.39 is 0 Å². The van der Waals surface area contributed by atoms with Crippen LogP contribution in [0.1, 0.15) is 32.1 Å². The summed E-state index contributed by atoms with van der Waals surface area (Å²) in [6, 6.07) is 7.64. The van der Waals surface area contributed by atoms with E-state index in [2.05, 4.69) is 5.32 Å². The summed E-state index contributed by atoms with van der Waals surface area (Å²) in [5.41, 5.74) is 0.902. The zero-order chi connectivity index (χ0) is 12.1. The van der Waals surface area contributed by atoms with Gasteiger partial charge in [0, 0.05) is 6.54 Å². The molecule has 3 heteroatoms. The normalized spacial score (nSPS) is 18.2. The van der Waals surface area contributed by atoms with Crippen LogP contribution in [-0.4, -0.2) is 17.8 Å². The van der Waals surface area contributed by atoms with Gasteiger partial charge in [0.15, 0.2) is 0 Å². The molecular weight excluding hydrogens is 234 g/mol. The van der Waals surface area contributed by atoms with Crippen molar-refractivity contribution in [3.8, 4) is 0 Å². The highest BCUT2D eigenvalue weighted by Crippen LogP contribution is 2.28. The summed E-state index contributed by atoms with van der Waals surface area (Å²) in [6.07, 6.45) is 5.86. The third kappa shape index (κ3) is 3.90. The second-order valence-electron chi connectivity index (χ2n) is 4.90. The molecule has 0 spiro atoms. The standard InChI is InChI=1S/C14H20ClNO/c15-13-7-3-4-8-14(13)16-10-12(17)9-11-5-1-2-6-11/h3-4,7-8,11-12,16-17H,1-2,5-6,9-10H2. The average Bonchev–Trinajstić information content (AvgIpc) is 2.81. The maximum absolute atomic E-state index is 9.96. The number of nitrogens with one attached hydrogen (secondary N) is 1. The van der Waals surface area contributed by atoms with E-state index in [-0.39, 0.29) is 6.10 Å². The summed E-state index contributed by atoms with van der Waals surface area (Å²) in [7, 11) is 0. The van der Waals surface area contributed by atoms with E-state index in [1.54, 1.807) is 0 Å². The minimum absolute atomic E-state index is 0.269. The van der Waals surface area contributed by atoms with Crippen LogP contribution in [0.2, 0.25) is 5.02 Å². The maximum Gasteiger partial charge on any atom is 0.0715 e. The topological polar surface area (TPSA) is 32.3 Å².